The fraction of sp³-hybridized carbons (Fsp3) is 0.533. The van der Waals surface area contributed by atoms with E-state index in [2.05, 4.69) is 5.32 Å². The number of piperidine rings is 1. The van der Waals surface area contributed by atoms with Gasteiger partial charge in [-0.05, 0) is 38.4 Å². The van der Waals surface area contributed by atoms with Gasteiger partial charge in [-0.2, -0.15) is 0 Å². The number of hydrogen-bond donors (Lipinski definition) is 1. The molecule has 128 valence electrons. The molecule has 1 fully saturated rings. The van der Waals surface area contributed by atoms with Crippen LogP contribution in [0.4, 0.5) is 5.69 Å². The summed E-state index contributed by atoms with van der Waals surface area (Å²) in [5.74, 6) is 0.735. The van der Waals surface area contributed by atoms with Crippen LogP contribution in [-0.2, 0) is 4.79 Å². The molecule has 1 heterocycles. The number of halogens is 1. The van der Waals surface area contributed by atoms with Gasteiger partial charge in [0.25, 0.3) is 11.6 Å². The molecule has 1 aromatic rings. The van der Waals surface area contributed by atoms with E-state index in [0.29, 0.717) is 11.7 Å². The van der Waals surface area contributed by atoms with Crippen LogP contribution >= 0.6 is 12.4 Å². The molecule has 1 unspecified atom stereocenters. The van der Waals surface area contributed by atoms with Gasteiger partial charge in [0.15, 0.2) is 6.61 Å². The number of ether oxygens (including phenoxy) is 1. The molecule has 1 aliphatic heterocycles. The number of carbonyl (C=O) groups is 1. The van der Waals surface area contributed by atoms with Crippen LogP contribution in [0.25, 0.3) is 0 Å². The van der Waals surface area contributed by atoms with Crippen LogP contribution in [0.3, 0.4) is 0 Å². The first-order valence-corrected chi connectivity index (χ1v) is 7.39. The van der Waals surface area contributed by atoms with Gasteiger partial charge in [0, 0.05) is 19.2 Å². The third kappa shape index (κ3) is 5.69. The number of benzene rings is 1. The highest BCUT2D eigenvalue weighted by Gasteiger charge is 2.23. The van der Waals surface area contributed by atoms with Gasteiger partial charge in [0.05, 0.1) is 11.0 Å². The Balaban J connectivity index is 0.00000264. The molecule has 1 atom stereocenters. The van der Waals surface area contributed by atoms with Gasteiger partial charge < -0.3 is 15.0 Å². The smallest absolute Gasteiger partial charge is 0.273 e. The van der Waals surface area contributed by atoms with E-state index < -0.39 is 4.92 Å². The second-order valence-electron chi connectivity index (χ2n) is 5.45. The number of nitrogens with one attached hydrogen (secondary N) is 1. The molecule has 1 aromatic carbocycles. The topological polar surface area (TPSA) is 84.7 Å². The molecule has 0 aromatic heterocycles. The van der Waals surface area contributed by atoms with Crippen molar-refractivity contribution in [2.24, 2.45) is 5.92 Å². The first-order valence-electron chi connectivity index (χ1n) is 7.39. The van der Waals surface area contributed by atoms with E-state index in [1.165, 1.54) is 12.1 Å². The standard InChI is InChI=1S/C15H21N3O4.ClH/c1-16-9-12-4-3-7-17(10-12)15(19)11-22-14-6-2-5-13(8-14)18(20)21;/h2,5-6,8,12,16H,3-4,7,9-11H2,1H3;1H. The zero-order valence-electron chi connectivity index (χ0n) is 13.1. The van der Waals surface area contributed by atoms with Crippen LogP contribution in [-0.4, -0.2) is 49.0 Å². The number of nitro groups is 1. The first kappa shape index (κ1) is 19.2. The summed E-state index contributed by atoms with van der Waals surface area (Å²) in [4.78, 5) is 24.2. The number of amides is 1. The second kappa shape index (κ2) is 9.32. The molecule has 0 aliphatic carbocycles. The summed E-state index contributed by atoms with van der Waals surface area (Å²) in [6.45, 7) is 2.29. The molecule has 7 nitrogen and oxygen atoms in total. The summed E-state index contributed by atoms with van der Waals surface area (Å²) in [6, 6.07) is 5.87. The zero-order valence-corrected chi connectivity index (χ0v) is 13.9. The molecule has 1 aliphatic rings. The van der Waals surface area contributed by atoms with Gasteiger partial charge >= 0.3 is 0 Å². The lowest BCUT2D eigenvalue weighted by molar-refractivity contribution is -0.384. The molecule has 1 saturated heterocycles. The fourth-order valence-electron chi connectivity index (χ4n) is 2.67. The Morgan fingerprint density at radius 2 is 2.30 bits per heavy atom. The van der Waals surface area contributed by atoms with E-state index in [-0.39, 0.29) is 30.6 Å². The molecule has 0 saturated carbocycles. The Kier molecular flexibility index (Phi) is 7.77. The maximum atomic E-state index is 12.2. The zero-order chi connectivity index (χ0) is 15.9. The molecule has 8 heteroatoms. The van der Waals surface area contributed by atoms with Crippen LogP contribution in [0, 0.1) is 16.0 Å². The van der Waals surface area contributed by atoms with E-state index in [1.54, 1.807) is 12.1 Å². The molecule has 1 amide bonds. The van der Waals surface area contributed by atoms with Crippen molar-refractivity contribution in [2.45, 2.75) is 12.8 Å². The van der Waals surface area contributed by atoms with E-state index in [0.717, 1.165) is 32.5 Å². The van der Waals surface area contributed by atoms with Crippen LogP contribution in [0.1, 0.15) is 12.8 Å². The minimum Gasteiger partial charge on any atom is -0.484 e. The Hall–Kier alpha value is -1.86. The number of likely N-dealkylation sites (tertiary alicyclic amines) is 1. The third-order valence-electron chi connectivity index (χ3n) is 3.76. The number of nitrogens with zero attached hydrogens (tertiary/aromatic N) is 2. The molecular formula is C15H22ClN3O4. The normalized spacial score (nSPS) is 17.3. The Morgan fingerprint density at radius 3 is 3.00 bits per heavy atom. The van der Waals surface area contributed by atoms with Crippen molar-refractivity contribution in [1.29, 1.82) is 0 Å². The Labute approximate surface area is 141 Å². The third-order valence-corrected chi connectivity index (χ3v) is 3.76. The fourth-order valence-corrected chi connectivity index (χ4v) is 2.67. The van der Waals surface area contributed by atoms with Gasteiger partial charge in [-0.1, -0.05) is 6.07 Å². The van der Waals surface area contributed by atoms with Crippen LogP contribution < -0.4 is 10.1 Å². The predicted molar refractivity (Wildman–Crippen MR) is 89.1 cm³/mol. The molecule has 0 radical (unpaired) electrons. The molecule has 23 heavy (non-hydrogen) atoms. The predicted octanol–water partition coefficient (Wildman–Crippen LogP) is 1.85. The summed E-state index contributed by atoms with van der Waals surface area (Å²) >= 11 is 0. The molecule has 2 rings (SSSR count). The average Bonchev–Trinajstić information content (AvgIpc) is 2.53. The number of hydrogen-bond acceptors (Lipinski definition) is 5. The van der Waals surface area contributed by atoms with E-state index in [1.807, 2.05) is 11.9 Å². The van der Waals surface area contributed by atoms with Crippen molar-refractivity contribution >= 4 is 24.0 Å². The molecular weight excluding hydrogens is 322 g/mol. The number of carbonyl (C=O) groups excluding carboxylic acids is 1. The van der Waals surface area contributed by atoms with Crippen LogP contribution in [0.2, 0.25) is 0 Å². The Bertz CT molecular complexity index is 539. The average molecular weight is 344 g/mol. The lowest BCUT2D eigenvalue weighted by Crippen LogP contribution is -2.44. The summed E-state index contributed by atoms with van der Waals surface area (Å²) in [6.07, 6.45) is 2.12. The highest BCUT2D eigenvalue weighted by atomic mass is 35.5. The van der Waals surface area contributed by atoms with Crippen LogP contribution in [0.15, 0.2) is 24.3 Å². The van der Waals surface area contributed by atoms with Crippen molar-refractivity contribution in [3.63, 3.8) is 0 Å². The van der Waals surface area contributed by atoms with Crippen molar-refractivity contribution in [1.82, 2.24) is 10.2 Å². The highest BCUT2D eigenvalue weighted by molar-refractivity contribution is 5.85. The van der Waals surface area contributed by atoms with Gasteiger partial charge in [-0.15, -0.1) is 12.4 Å². The number of rotatable bonds is 6. The Morgan fingerprint density at radius 1 is 1.52 bits per heavy atom. The van der Waals surface area contributed by atoms with Crippen molar-refractivity contribution in [3.05, 3.63) is 34.4 Å². The van der Waals surface area contributed by atoms with Gasteiger partial charge in [0.1, 0.15) is 5.75 Å². The number of nitro benzene ring substituents is 1. The lowest BCUT2D eigenvalue weighted by Gasteiger charge is -2.32. The summed E-state index contributed by atoms with van der Waals surface area (Å²) in [5.41, 5.74) is -0.0444. The first-order chi connectivity index (χ1) is 10.6. The van der Waals surface area contributed by atoms with E-state index in [9.17, 15) is 14.9 Å². The molecule has 1 N–H and O–H groups in total. The van der Waals surface area contributed by atoms with E-state index in [4.69, 9.17) is 4.74 Å². The highest BCUT2D eigenvalue weighted by Crippen LogP contribution is 2.20. The van der Waals surface area contributed by atoms with Crippen molar-refractivity contribution in [3.8, 4) is 5.75 Å². The van der Waals surface area contributed by atoms with Gasteiger partial charge in [-0.3, -0.25) is 14.9 Å². The van der Waals surface area contributed by atoms with E-state index >= 15 is 0 Å². The summed E-state index contributed by atoms with van der Waals surface area (Å²) in [7, 11) is 1.91. The summed E-state index contributed by atoms with van der Waals surface area (Å²) < 4.78 is 5.40. The number of non-ortho nitro benzene ring substituents is 1. The molecule has 0 spiro atoms. The monoisotopic (exact) mass is 343 g/mol. The quantitative estimate of drug-likeness (QED) is 0.629. The second-order valence-corrected chi connectivity index (χ2v) is 5.45. The maximum Gasteiger partial charge on any atom is 0.273 e. The minimum atomic E-state index is -0.484. The summed E-state index contributed by atoms with van der Waals surface area (Å²) in [5, 5.41) is 13.8. The van der Waals surface area contributed by atoms with Gasteiger partial charge in [-0.25, -0.2) is 0 Å². The maximum absolute atomic E-state index is 12.2. The SMILES string of the molecule is CNCC1CCCN(C(=O)COc2cccc([N+](=O)[O-])c2)C1.Cl. The van der Waals surface area contributed by atoms with Crippen molar-refractivity contribution < 1.29 is 14.5 Å². The molecule has 0 bridgehead atoms. The van der Waals surface area contributed by atoms with Crippen LogP contribution in [0.5, 0.6) is 5.75 Å². The van der Waals surface area contributed by atoms with Gasteiger partial charge in [0.2, 0.25) is 0 Å². The largest absolute Gasteiger partial charge is 0.484 e. The van der Waals surface area contributed by atoms with Crippen molar-refractivity contribution in [2.75, 3.05) is 33.3 Å². The lowest BCUT2D eigenvalue weighted by atomic mass is 9.98. The minimum absolute atomic E-state index is 0.